The number of nitrogens with one attached hydrogen (secondary N) is 1. The Morgan fingerprint density at radius 3 is 2.76 bits per heavy atom. The van der Waals surface area contributed by atoms with Crippen LogP contribution in [0.3, 0.4) is 0 Å². The van der Waals surface area contributed by atoms with Gasteiger partial charge in [0.2, 0.25) is 10.0 Å². The van der Waals surface area contributed by atoms with Gasteiger partial charge in [0, 0.05) is 24.5 Å². The summed E-state index contributed by atoms with van der Waals surface area (Å²) in [6, 6.07) is 10.4. The van der Waals surface area contributed by atoms with Gasteiger partial charge in [-0.05, 0) is 35.9 Å². The van der Waals surface area contributed by atoms with Gasteiger partial charge in [-0.3, -0.25) is 4.40 Å². The van der Waals surface area contributed by atoms with Crippen molar-refractivity contribution in [1.29, 1.82) is 0 Å². The lowest BCUT2D eigenvalue weighted by molar-refractivity contribution is 0.432. The number of phenolic OH excluding ortho intramolecular Hbond substituents is 1. The van der Waals surface area contributed by atoms with Gasteiger partial charge in [0.15, 0.2) is 23.0 Å². The predicted octanol–water partition coefficient (Wildman–Crippen LogP) is 2.50. The topological polar surface area (TPSA) is 123 Å². The van der Waals surface area contributed by atoms with E-state index in [1.165, 1.54) is 24.3 Å². The maximum Gasteiger partial charge on any atom is 0.238 e. The Morgan fingerprint density at radius 2 is 2.00 bits per heavy atom. The summed E-state index contributed by atoms with van der Waals surface area (Å²) in [7, 11) is -3.79. The van der Waals surface area contributed by atoms with Crippen LogP contribution in [0.25, 0.3) is 16.9 Å². The minimum absolute atomic E-state index is 0.0282. The fourth-order valence-corrected chi connectivity index (χ4v) is 3.53. The first-order chi connectivity index (χ1) is 13.8. The highest BCUT2D eigenvalue weighted by molar-refractivity contribution is 7.89. The number of aromatic hydroxyl groups is 1. The van der Waals surface area contributed by atoms with Crippen LogP contribution in [0.5, 0.6) is 5.75 Å². The molecule has 0 amide bonds. The molecule has 4 N–H and O–H groups in total. The van der Waals surface area contributed by atoms with E-state index in [4.69, 9.17) is 5.14 Å². The zero-order valence-electron chi connectivity index (χ0n) is 14.9. The zero-order valence-corrected chi connectivity index (χ0v) is 15.8. The fourth-order valence-electron chi connectivity index (χ4n) is 2.94. The second-order valence-corrected chi connectivity index (χ2v) is 7.89. The lowest BCUT2D eigenvalue weighted by Gasteiger charge is -2.09. The molecule has 29 heavy (non-hydrogen) atoms. The van der Waals surface area contributed by atoms with Crippen LogP contribution < -0.4 is 10.5 Å². The van der Waals surface area contributed by atoms with Crippen LogP contribution in [0, 0.1) is 5.82 Å². The first-order valence-electron chi connectivity index (χ1n) is 8.49. The average Bonchev–Trinajstić information content (AvgIpc) is 3.13. The number of aromatic nitrogens is 3. The van der Waals surface area contributed by atoms with E-state index in [-0.39, 0.29) is 4.90 Å². The molecule has 4 rings (SSSR count). The van der Waals surface area contributed by atoms with E-state index < -0.39 is 21.6 Å². The smallest absolute Gasteiger partial charge is 0.238 e. The number of imidazole rings is 1. The van der Waals surface area contributed by atoms with Crippen molar-refractivity contribution in [3.63, 3.8) is 0 Å². The van der Waals surface area contributed by atoms with Crippen LogP contribution in [0.2, 0.25) is 0 Å². The molecule has 0 unspecified atom stereocenters. The van der Waals surface area contributed by atoms with Gasteiger partial charge in [-0.25, -0.2) is 27.9 Å². The fraction of sp³-hybridized carbons (Fsp3) is 0.0526. The minimum atomic E-state index is -3.79. The summed E-state index contributed by atoms with van der Waals surface area (Å²) < 4.78 is 38.5. The molecule has 148 valence electrons. The van der Waals surface area contributed by atoms with Gasteiger partial charge in [-0.15, -0.1) is 0 Å². The normalized spacial score (nSPS) is 11.7. The van der Waals surface area contributed by atoms with E-state index in [1.807, 2.05) is 0 Å². The zero-order chi connectivity index (χ0) is 20.6. The first-order valence-corrected chi connectivity index (χ1v) is 10.0. The van der Waals surface area contributed by atoms with Gasteiger partial charge in [0.05, 0.1) is 16.8 Å². The van der Waals surface area contributed by atoms with Crippen LogP contribution in [0.15, 0.2) is 66.0 Å². The van der Waals surface area contributed by atoms with Crippen LogP contribution in [-0.4, -0.2) is 27.9 Å². The number of anilines is 1. The molecular formula is C19H16FN5O3S. The molecule has 0 bridgehead atoms. The monoisotopic (exact) mass is 413 g/mol. The van der Waals surface area contributed by atoms with Gasteiger partial charge in [0.25, 0.3) is 0 Å². The molecule has 0 fully saturated rings. The van der Waals surface area contributed by atoms with Crippen LogP contribution in [-0.2, 0) is 16.6 Å². The largest absolute Gasteiger partial charge is 0.505 e. The van der Waals surface area contributed by atoms with Crippen molar-refractivity contribution >= 4 is 21.5 Å². The second kappa shape index (κ2) is 7.15. The molecule has 2 aromatic carbocycles. The maximum absolute atomic E-state index is 13.7. The maximum atomic E-state index is 13.7. The number of benzene rings is 2. The molecule has 4 aromatic rings. The van der Waals surface area contributed by atoms with Crippen LogP contribution in [0.1, 0.15) is 5.56 Å². The number of phenols is 1. The molecule has 0 radical (unpaired) electrons. The molecule has 0 spiro atoms. The van der Waals surface area contributed by atoms with Crippen molar-refractivity contribution in [2.45, 2.75) is 11.4 Å². The van der Waals surface area contributed by atoms with Crippen LogP contribution >= 0.6 is 0 Å². The third kappa shape index (κ3) is 3.75. The number of halogens is 1. The van der Waals surface area contributed by atoms with E-state index in [9.17, 15) is 17.9 Å². The summed E-state index contributed by atoms with van der Waals surface area (Å²) in [6.07, 6.45) is 4.84. The van der Waals surface area contributed by atoms with Crippen molar-refractivity contribution in [2.24, 2.45) is 5.14 Å². The van der Waals surface area contributed by atoms with Crippen molar-refractivity contribution in [2.75, 3.05) is 5.32 Å². The Balaban J connectivity index is 1.64. The predicted molar refractivity (Wildman–Crippen MR) is 105 cm³/mol. The molecule has 10 heteroatoms. The number of nitrogens with two attached hydrogens (primary N) is 1. The molecule has 0 saturated heterocycles. The van der Waals surface area contributed by atoms with Gasteiger partial charge < -0.3 is 10.4 Å². The highest BCUT2D eigenvalue weighted by atomic mass is 32.2. The molecule has 0 atom stereocenters. The quantitative estimate of drug-likeness (QED) is 0.462. The third-order valence-corrected chi connectivity index (χ3v) is 5.27. The lowest BCUT2D eigenvalue weighted by Crippen LogP contribution is -2.12. The van der Waals surface area contributed by atoms with Gasteiger partial charge in [0.1, 0.15) is 0 Å². The third-order valence-electron chi connectivity index (χ3n) is 4.36. The van der Waals surface area contributed by atoms with E-state index in [1.54, 1.807) is 41.2 Å². The lowest BCUT2D eigenvalue weighted by atomic mass is 10.1. The standard InChI is InChI=1S/C19H16FN5O3S/c20-15-9-13(4-5-17(15)26)16-11-24-19-18(22-6-7-25(16)19)23-10-12-2-1-3-14(8-12)29(21,27)28/h1-9,11,26H,10H2,(H,22,23)(H2,21,27,28). The van der Waals surface area contributed by atoms with Crippen molar-refractivity contribution in [1.82, 2.24) is 14.4 Å². The molecule has 0 aliphatic heterocycles. The Kier molecular flexibility index (Phi) is 4.65. The van der Waals surface area contributed by atoms with E-state index in [0.29, 0.717) is 34.8 Å². The molecule has 2 heterocycles. The highest BCUT2D eigenvalue weighted by Crippen LogP contribution is 2.27. The molecule has 0 saturated carbocycles. The second-order valence-electron chi connectivity index (χ2n) is 6.33. The number of nitrogens with zero attached hydrogens (tertiary/aromatic N) is 3. The van der Waals surface area contributed by atoms with Crippen molar-refractivity contribution < 1.29 is 17.9 Å². The molecule has 0 aliphatic carbocycles. The van der Waals surface area contributed by atoms with Gasteiger partial charge >= 0.3 is 0 Å². The van der Waals surface area contributed by atoms with Gasteiger partial charge in [-0.2, -0.15) is 0 Å². The van der Waals surface area contributed by atoms with E-state index >= 15 is 0 Å². The number of hydrogen-bond donors (Lipinski definition) is 3. The van der Waals surface area contributed by atoms with Crippen molar-refractivity contribution in [3.8, 4) is 17.0 Å². The summed E-state index contributed by atoms with van der Waals surface area (Å²) in [5.41, 5.74) is 2.39. The molecule has 0 aliphatic rings. The molecule has 8 nitrogen and oxygen atoms in total. The van der Waals surface area contributed by atoms with Crippen LogP contribution in [0.4, 0.5) is 10.2 Å². The summed E-state index contributed by atoms with van der Waals surface area (Å²) in [5.74, 6) is -0.674. The Morgan fingerprint density at radius 1 is 1.17 bits per heavy atom. The average molecular weight is 413 g/mol. The summed E-state index contributed by atoms with van der Waals surface area (Å²) in [4.78, 5) is 8.66. The molecule has 2 aromatic heterocycles. The van der Waals surface area contributed by atoms with E-state index in [0.717, 1.165) is 0 Å². The minimum Gasteiger partial charge on any atom is -0.505 e. The Hall–Kier alpha value is -3.50. The summed E-state index contributed by atoms with van der Waals surface area (Å²) in [6.45, 7) is 0.298. The number of hydrogen-bond acceptors (Lipinski definition) is 6. The number of fused-ring (bicyclic) bond motifs is 1. The summed E-state index contributed by atoms with van der Waals surface area (Å²) in [5, 5.41) is 17.7. The Bertz CT molecular complexity index is 1320. The Labute approximate surface area is 165 Å². The van der Waals surface area contributed by atoms with Gasteiger partial charge in [-0.1, -0.05) is 12.1 Å². The number of sulfonamides is 1. The van der Waals surface area contributed by atoms with Crippen molar-refractivity contribution in [3.05, 3.63) is 72.4 Å². The van der Waals surface area contributed by atoms with E-state index in [2.05, 4.69) is 15.3 Å². The molecular weight excluding hydrogens is 397 g/mol. The SMILES string of the molecule is NS(=O)(=O)c1cccc(CNc2nccn3c(-c4ccc(O)c(F)c4)cnc23)c1. The highest BCUT2D eigenvalue weighted by Gasteiger charge is 2.13. The number of primary sulfonamides is 1. The number of rotatable bonds is 5. The first kappa shape index (κ1) is 18.8. The summed E-state index contributed by atoms with van der Waals surface area (Å²) >= 11 is 0.